The van der Waals surface area contributed by atoms with E-state index in [1.807, 2.05) is 0 Å². The molecule has 0 amide bonds. The van der Waals surface area contributed by atoms with Crippen molar-refractivity contribution in [3.63, 3.8) is 0 Å². The first-order valence-corrected chi connectivity index (χ1v) is 11.8. The van der Waals surface area contributed by atoms with Crippen LogP contribution in [0.1, 0.15) is 82.1 Å². The monoisotopic (exact) mass is 450 g/mol. The van der Waals surface area contributed by atoms with Crippen molar-refractivity contribution in [2.75, 3.05) is 6.16 Å². The summed E-state index contributed by atoms with van der Waals surface area (Å²) in [5.74, 6) is 4.77. The third-order valence-electron chi connectivity index (χ3n) is 6.12. The van der Waals surface area contributed by atoms with Crippen LogP contribution >= 0.6 is 30.8 Å². The summed E-state index contributed by atoms with van der Waals surface area (Å²) in [6, 6.07) is 0. The molecule has 0 saturated heterocycles. The highest BCUT2D eigenvalue weighted by molar-refractivity contribution is 14.1. The van der Waals surface area contributed by atoms with Crippen LogP contribution in [0, 0.1) is 40.4 Å². The maximum absolute atomic E-state index is 2.48. The summed E-state index contributed by atoms with van der Waals surface area (Å²) in [6.45, 7) is 24.3. The van der Waals surface area contributed by atoms with E-state index in [2.05, 4.69) is 96.5 Å². The second-order valence-electron chi connectivity index (χ2n) is 9.67. The van der Waals surface area contributed by atoms with Gasteiger partial charge in [0.05, 0.1) is 19.3 Å². The smallest absolute Gasteiger partial charge is 0.152 e. The van der Waals surface area contributed by atoms with Crippen molar-refractivity contribution in [1.29, 1.82) is 0 Å². The molecule has 4 unspecified atom stereocenters. The molecule has 1 radical (unpaired) electrons. The molecule has 0 nitrogen and oxygen atoms in total. The fourth-order valence-electron chi connectivity index (χ4n) is 3.80. The van der Waals surface area contributed by atoms with E-state index < -0.39 is 0 Å². The molecule has 0 aromatic heterocycles. The first-order chi connectivity index (χ1) is 10.3. The first kappa shape index (κ1) is 24.1. The van der Waals surface area contributed by atoms with Crippen LogP contribution in [0.4, 0.5) is 0 Å². The van der Waals surface area contributed by atoms with Gasteiger partial charge in [-0.1, -0.05) is 55.4 Å². The Morgan fingerprint density at radius 3 is 2.00 bits per heavy atom. The van der Waals surface area contributed by atoms with Crippen molar-refractivity contribution < 1.29 is 0 Å². The van der Waals surface area contributed by atoms with Gasteiger partial charge in [0.1, 0.15) is 5.92 Å². The Kier molecular flexibility index (Phi) is 10.8. The Balaban J connectivity index is 4.74. The molecule has 0 aromatic rings. The van der Waals surface area contributed by atoms with Gasteiger partial charge in [-0.2, -0.15) is 22.4 Å². The van der Waals surface area contributed by atoms with Crippen LogP contribution < -0.4 is 0 Å². The summed E-state index contributed by atoms with van der Waals surface area (Å²) in [5, 5.41) is 0. The molecule has 0 saturated carbocycles. The molecule has 135 valence electrons. The Bertz CT molecular complexity index is 328. The number of rotatable bonds is 11. The second kappa shape index (κ2) is 10.3. The Morgan fingerprint density at radius 2 is 1.57 bits per heavy atom. The third-order valence-corrected chi connectivity index (χ3v) is 8.76. The Hall–Kier alpha value is 1.09. The molecule has 0 aromatic carbocycles. The lowest BCUT2D eigenvalue weighted by Gasteiger charge is -2.36. The van der Waals surface area contributed by atoms with Crippen LogP contribution in [0.2, 0.25) is 0 Å². The first-order valence-electron chi connectivity index (χ1n) is 9.31. The zero-order chi connectivity index (χ0) is 18.4. The summed E-state index contributed by atoms with van der Waals surface area (Å²) in [5.41, 5.74) is 0.825. The molecule has 0 N–H and O–H groups in total. The van der Waals surface area contributed by atoms with Crippen LogP contribution in [0.15, 0.2) is 0 Å². The molecule has 0 rings (SSSR count). The normalized spacial score (nSPS) is 17.6. The molecule has 0 aliphatic heterocycles. The highest BCUT2D eigenvalue weighted by Gasteiger charge is 2.41. The summed E-state index contributed by atoms with van der Waals surface area (Å²) in [7, 11) is 0.984. The van der Waals surface area contributed by atoms with Crippen molar-refractivity contribution in [1.82, 2.24) is 0 Å². The van der Waals surface area contributed by atoms with E-state index in [9.17, 15) is 0 Å². The molecular formula is C20H41BIP+. The van der Waals surface area contributed by atoms with E-state index >= 15 is 0 Å². The second-order valence-corrected chi connectivity index (χ2v) is 12.5. The van der Waals surface area contributed by atoms with E-state index in [1.54, 1.807) is 5.92 Å². The van der Waals surface area contributed by atoms with E-state index in [-0.39, 0.29) is 0 Å². The van der Waals surface area contributed by atoms with Crippen LogP contribution in [-0.4, -0.2) is 11.0 Å². The molecule has 0 heterocycles. The van der Waals surface area contributed by atoms with Crippen LogP contribution in [0.25, 0.3) is 0 Å². The van der Waals surface area contributed by atoms with E-state index in [4.69, 9.17) is 0 Å². The number of hydrogen-bond acceptors (Lipinski definition) is 0. The summed E-state index contributed by atoms with van der Waals surface area (Å²) in [4.78, 5) is 2.30. The third kappa shape index (κ3) is 8.84. The molecule has 0 fully saturated rings. The van der Waals surface area contributed by atoms with Crippen LogP contribution in [0.5, 0.6) is 0 Å². The Morgan fingerprint density at radius 1 is 1.04 bits per heavy atom. The van der Waals surface area contributed by atoms with Crippen LogP contribution in [-0.2, 0) is 0 Å². The highest BCUT2D eigenvalue weighted by atomic mass is 127. The highest BCUT2D eigenvalue weighted by Crippen LogP contribution is 2.45. The fourth-order valence-corrected chi connectivity index (χ4v) is 5.22. The van der Waals surface area contributed by atoms with Gasteiger partial charge in [0.15, 0.2) is 0 Å². The van der Waals surface area contributed by atoms with Gasteiger partial charge in [0.25, 0.3) is 0 Å². The molecule has 4 atom stereocenters. The molecule has 0 bridgehead atoms. The number of halogens is 1. The average Bonchev–Trinajstić information content (AvgIpc) is 2.42. The molecular weight excluding hydrogens is 409 g/mol. The minimum Gasteiger partial charge on any atom is -0.152 e. The van der Waals surface area contributed by atoms with E-state index in [0.29, 0.717) is 16.7 Å². The van der Waals surface area contributed by atoms with E-state index in [0.717, 1.165) is 26.2 Å². The van der Waals surface area contributed by atoms with Crippen molar-refractivity contribution in [2.24, 2.45) is 34.5 Å². The predicted octanol–water partition coefficient (Wildman–Crippen LogP) is 7.63. The minimum absolute atomic E-state index is 0.389. The van der Waals surface area contributed by atoms with Crippen molar-refractivity contribution in [3.05, 3.63) is 5.92 Å². The van der Waals surface area contributed by atoms with Gasteiger partial charge in [-0.15, -0.1) is 8.46 Å². The van der Waals surface area contributed by atoms with Gasteiger partial charge in [-0.25, -0.2) is 0 Å². The summed E-state index contributed by atoms with van der Waals surface area (Å²) < 4.78 is 0. The van der Waals surface area contributed by atoms with Gasteiger partial charge in [-0.05, 0) is 37.3 Å². The standard InChI is InChI=1S/C20H41BIP/c1-14(2)17(5)15(3)12-20(9,10)18(6)16(4)11-19(7,8)13-23-21-22/h14-15,17-18,23H,11-13H2,1-10H3/q+1. The predicted molar refractivity (Wildman–Crippen MR) is 121 cm³/mol. The van der Waals surface area contributed by atoms with Crippen LogP contribution in [0.3, 0.4) is 0 Å². The quantitative estimate of drug-likeness (QED) is 0.131. The van der Waals surface area contributed by atoms with Gasteiger partial charge in [0.2, 0.25) is 4.86 Å². The van der Waals surface area contributed by atoms with Crippen molar-refractivity contribution >= 4 is 35.7 Å². The lowest BCUT2D eigenvalue weighted by atomic mass is 9.64. The van der Waals surface area contributed by atoms with Gasteiger partial charge in [0, 0.05) is 10.8 Å². The van der Waals surface area contributed by atoms with Gasteiger partial charge < -0.3 is 0 Å². The number of hydrogen-bond donors (Lipinski definition) is 0. The minimum atomic E-state index is 0.389. The molecule has 0 spiro atoms. The molecule has 23 heavy (non-hydrogen) atoms. The molecule has 0 aliphatic rings. The van der Waals surface area contributed by atoms with Crippen molar-refractivity contribution in [3.8, 4) is 0 Å². The zero-order valence-corrected chi connectivity index (χ0v) is 20.5. The topological polar surface area (TPSA) is 0 Å². The molecule has 3 heteroatoms. The lowest BCUT2D eigenvalue weighted by Crippen LogP contribution is -2.32. The van der Waals surface area contributed by atoms with Gasteiger partial charge >= 0.3 is 0 Å². The lowest BCUT2D eigenvalue weighted by molar-refractivity contribution is 0.139. The SMILES string of the molecule is C[C+](CC(C)(C)CP[B]I)C(C)C(C)(C)CC(C)C(C)C(C)C. The summed E-state index contributed by atoms with van der Waals surface area (Å²) >= 11 is 2.39. The summed E-state index contributed by atoms with van der Waals surface area (Å²) in [6.07, 6.45) is 3.92. The fraction of sp³-hybridized carbons (Fsp3) is 0.950. The molecule has 0 aliphatic carbocycles. The van der Waals surface area contributed by atoms with Crippen molar-refractivity contribution in [2.45, 2.75) is 82.1 Å². The largest absolute Gasteiger partial charge is 0.230 e. The van der Waals surface area contributed by atoms with Gasteiger partial charge in [-0.3, -0.25) is 0 Å². The average molecular weight is 450 g/mol. The van der Waals surface area contributed by atoms with E-state index in [1.165, 1.54) is 19.0 Å². The maximum Gasteiger partial charge on any atom is 0.230 e. The zero-order valence-electron chi connectivity index (χ0n) is 17.4. The maximum atomic E-state index is 2.48. The Labute approximate surface area is 164 Å².